The maximum Gasteiger partial charge on any atom is 0.387 e. The lowest BCUT2D eigenvalue weighted by Crippen LogP contribution is -2.30. The number of carbonyl (C=O) groups excluding carboxylic acids is 1. The van der Waals surface area contributed by atoms with Gasteiger partial charge in [0, 0.05) is 16.3 Å². The minimum atomic E-state index is -3.05. The molecule has 1 aliphatic heterocycles. The molecule has 26 heavy (non-hydrogen) atoms. The Labute approximate surface area is 151 Å². The van der Waals surface area contributed by atoms with Crippen LogP contribution >= 0.6 is 11.6 Å². The van der Waals surface area contributed by atoms with E-state index < -0.39 is 18.6 Å². The van der Waals surface area contributed by atoms with Crippen LogP contribution in [-0.2, 0) is 9.53 Å². The highest BCUT2D eigenvalue weighted by Crippen LogP contribution is 2.40. The van der Waals surface area contributed by atoms with Crippen LogP contribution in [0, 0.1) is 0 Å². The number of rotatable bonds is 5. The van der Waals surface area contributed by atoms with E-state index in [1.54, 1.807) is 13.8 Å². The first-order valence-electron chi connectivity index (χ1n) is 7.59. The van der Waals surface area contributed by atoms with Gasteiger partial charge in [0.1, 0.15) is 11.8 Å². The van der Waals surface area contributed by atoms with Crippen LogP contribution in [0.5, 0.6) is 5.75 Å². The van der Waals surface area contributed by atoms with Crippen molar-refractivity contribution in [2.24, 2.45) is 0 Å². The van der Waals surface area contributed by atoms with Crippen LogP contribution in [0.2, 0.25) is 5.02 Å². The molecule has 0 radical (unpaired) electrons. The molecule has 0 saturated carbocycles. The highest BCUT2D eigenvalue weighted by molar-refractivity contribution is 6.30. The summed E-state index contributed by atoms with van der Waals surface area (Å²) in [6.45, 7) is 0.379. The molecule has 11 heteroatoms. The summed E-state index contributed by atoms with van der Waals surface area (Å²) in [5.74, 6) is -0.539. The van der Waals surface area contributed by atoms with E-state index in [4.69, 9.17) is 16.3 Å². The van der Waals surface area contributed by atoms with Gasteiger partial charge < -0.3 is 14.8 Å². The number of ether oxygens (including phenoxy) is 2. The number of anilines is 1. The lowest BCUT2D eigenvalue weighted by molar-refractivity contribution is -0.139. The van der Waals surface area contributed by atoms with Gasteiger partial charge in [-0.3, -0.25) is 0 Å². The van der Waals surface area contributed by atoms with E-state index in [-0.39, 0.29) is 34.5 Å². The molecule has 1 aliphatic rings. The van der Waals surface area contributed by atoms with Crippen molar-refractivity contribution in [2.45, 2.75) is 26.5 Å². The number of benzene rings is 1. The molecule has 2 heterocycles. The number of fused-ring (bicyclic) bond motifs is 1. The summed E-state index contributed by atoms with van der Waals surface area (Å²) >= 11 is 6.05. The summed E-state index contributed by atoms with van der Waals surface area (Å²) in [5, 5.41) is 14.4. The smallest absolute Gasteiger partial charge is 0.387 e. The number of nitrogens with one attached hydrogen (secondary N) is 1. The molecule has 1 atom stereocenters. The second-order valence-corrected chi connectivity index (χ2v) is 5.73. The van der Waals surface area contributed by atoms with E-state index in [0.717, 1.165) is 0 Å². The number of aromatic nitrogens is 4. The molecule has 8 nitrogen and oxygen atoms in total. The lowest BCUT2D eigenvalue weighted by Gasteiger charge is -2.28. The van der Waals surface area contributed by atoms with Crippen molar-refractivity contribution >= 4 is 23.5 Å². The molecule has 0 unspecified atom stereocenters. The quantitative estimate of drug-likeness (QED) is 0.791. The van der Waals surface area contributed by atoms with Crippen LogP contribution in [-0.4, -0.2) is 39.4 Å². The number of alkyl halides is 2. The standard InChI is InChI=1S/C15H14ClF2N5O3/c1-3-25-13(24)11-7(2)19-15-20-21-22-23(15)12(11)9-6-8(16)4-5-10(9)26-14(17)18/h4-6,12,14H,3H2,1-2H3,(H,19,20,22)/t12-/m1/s1. The minimum Gasteiger partial charge on any atom is -0.463 e. The molecule has 1 aromatic heterocycles. The average molecular weight is 386 g/mol. The Morgan fingerprint density at radius 3 is 2.92 bits per heavy atom. The summed E-state index contributed by atoms with van der Waals surface area (Å²) in [4.78, 5) is 12.5. The number of halogens is 3. The van der Waals surface area contributed by atoms with E-state index in [9.17, 15) is 13.6 Å². The van der Waals surface area contributed by atoms with Gasteiger partial charge in [0.05, 0.1) is 12.2 Å². The number of carbonyl (C=O) groups is 1. The van der Waals surface area contributed by atoms with Crippen LogP contribution in [0.25, 0.3) is 0 Å². The molecule has 1 N–H and O–H groups in total. The highest BCUT2D eigenvalue weighted by Gasteiger charge is 2.37. The van der Waals surface area contributed by atoms with Gasteiger partial charge in [-0.25, -0.2) is 4.79 Å². The third-order valence-electron chi connectivity index (χ3n) is 3.69. The molecular formula is C15H14ClF2N5O3. The first-order valence-corrected chi connectivity index (χ1v) is 7.97. The van der Waals surface area contributed by atoms with Crippen molar-refractivity contribution in [2.75, 3.05) is 11.9 Å². The van der Waals surface area contributed by atoms with Gasteiger partial charge >= 0.3 is 12.6 Å². The van der Waals surface area contributed by atoms with E-state index in [2.05, 4.69) is 25.6 Å². The number of hydrogen-bond acceptors (Lipinski definition) is 7. The Bertz CT molecular complexity index is 871. The average Bonchev–Trinajstić information content (AvgIpc) is 3.03. The maximum absolute atomic E-state index is 12.8. The summed E-state index contributed by atoms with van der Waals surface area (Å²) < 4.78 is 36.7. The van der Waals surface area contributed by atoms with Crippen LogP contribution in [0.15, 0.2) is 29.5 Å². The largest absolute Gasteiger partial charge is 0.463 e. The van der Waals surface area contributed by atoms with Gasteiger partial charge in [0.25, 0.3) is 0 Å². The third kappa shape index (κ3) is 3.32. The van der Waals surface area contributed by atoms with E-state index >= 15 is 0 Å². The predicted octanol–water partition coefficient (Wildman–Crippen LogP) is 2.78. The SMILES string of the molecule is CCOC(=O)C1=C(C)Nc2nnnn2[C@@H]1c1cc(Cl)ccc1OC(F)F. The topological polar surface area (TPSA) is 91.2 Å². The van der Waals surface area contributed by atoms with Crippen molar-refractivity contribution in [1.29, 1.82) is 0 Å². The molecule has 0 bridgehead atoms. The van der Waals surface area contributed by atoms with Crippen molar-refractivity contribution in [1.82, 2.24) is 20.2 Å². The van der Waals surface area contributed by atoms with Crippen LogP contribution < -0.4 is 10.1 Å². The maximum atomic E-state index is 12.8. The van der Waals surface area contributed by atoms with Gasteiger partial charge in [0.2, 0.25) is 5.95 Å². The van der Waals surface area contributed by atoms with Crippen LogP contribution in [0.1, 0.15) is 25.5 Å². The zero-order valence-electron chi connectivity index (χ0n) is 13.7. The van der Waals surface area contributed by atoms with Crippen molar-refractivity contribution in [3.63, 3.8) is 0 Å². The number of hydrogen-bond donors (Lipinski definition) is 1. The van der Waals surface area contributed by atoms with Gasteiger partial charge in [0.15, 0.2) is 0 Å². The molecular weight excluding hydrogens is 372 g/mol. The second kappa shape index (κ2) is 7.24. The van der Waals surface area contributed by atoms with Crippen LogP contribution in [0.3, 0.4) is 0 Å². The zero-order valence-corrected chi connectivity index (χ0v) is 14.5. The monoisotopic (exact) mass is 385 g/mol. The first-order chi connectivity index (χ1) is 12.4. The van der Waals surface area contributed by atoms with Gasteiger partial charge in [-0.1, -0.05) is 16.7 Å². The lowest BCUT2D eigenvalue weighted by atomic mass is 9.95. The summed E-state index contributed by atoms with van der Waals surface area (Å²) in [5.41, 5.74) is 0.794. The molecule has 2 aromatic rings. The minimum absolute atomic E-state index is 0.140. The number of esters is 1. The zero-order chi connectivity index (χ0) is 18.8. The Balaban J connectivity index is 2.20. The fourth-order valence-corrected chi connectivity index (χ4v) is 2.89. The fourth-order valence-electron chi connectivity index (χ4n) is 2.71. The number of allylic oxidation sites excluding steroid dienone is 1. The fraction of sp³-hybridized carbons (Fsp3) is 0.333. The summed E-state index contributed by atoms with van der Waals surface area (Å²) in [6, 6.07) is 3.18. The summed E-state index contributed by atoms with van der Waals surface area (Å²) in [6.07, 6.45) is 0. The van der Waals surface area contributed by atoms with Crippen molar-refractivity contribution in [3.8, 4) is 5.75 Å². The van der Waals surface area contributed by atoms with Crippen LogP contribution in [0.4, 0.5) is 14.7 Å². The van der Waals surface area contributed by atoms with Gasteiger partial charge in [-0.15, -0.1) is 0 Å². The molecule has 3 rings (SSSR count). The Kier molecular flexibility index (Phi) is 5.03. The number of tetrazole rings is 1. The summed E-state index contributed by atoms with van der Waals surface area (Å²) in [7, 11) is 0. The molecule has 0 fully saturated rings. The predicted molar refractivity (Wildman–Crippen MR) is 87.0 cm³/mol. The van der Waals surface area contributed by atoms with Gasteiger partial charge in [-0.05, 0) is 42.5 Å². The molecule has 1 aromatic carbocycles. The molecule has 0 aliphatic carbocycles. The van der Waals surface area contributed by atoms with E-state index in [1.165, 1.54) is 22.9 Å². The van der Waals surface area contributed by atoms with E-state index in [1.807, 2.05) is 0 Å². The molecule has 138 valence electrons. The Morgan fingerprint density at radius 2 is 2.23 bits per heavy atom. The second-order valence-electron chi connectivity index (χ2n) is 5.29. The normalized spacial score (nSPS) is 16.3. The van der Waals surface area contributed by atoms with Crippen molar-refractivity contribution < 1.29 is 23.0 Å². The molecule has 0 amide bonds. The van der Waals surface area contributed by atoms with Crippen molar-refractivity contribution in [3.05, 3.63) is 40.1 Å². The Morgan fingerprint density at radius 1 is 1.46 bits per heavy atom. The number of nitrogens with zero attached hydrogens (tertiary/aromatic N) is 4. The van der Waals surface area contributed by atoms with Gasteiger partial charge in [-0.2, -0.15) is 13.5 Å². The molecule has 0 saturated heterocycles. The highest BCUT2D eigenvalue weighted by atomic mass is 35.5. The first kappa shape index (κ1) is 18.1. The third-order valence-corrected chi connectivity index (χ3v) is 3.93. The molecule has 0 spiro atoms. The van der Waals surface area contributed by atoms with E-state index in [0.29, 0.717) is 5.70 Å². The Hall–Kier alpha value is -2.75.